The van der Waals surface area contributed by atoms with Gasteiger partial charge in [0.05, 0.1) is 12.2 Å². The third-order valence-corrected chi connectivity index (χ3v) is 2.24. The van der Waals surface area contributed by atoms with E-state index < -0.39 is 0 Å². The monoisotopic (exact) mass is 225 g/mol. The SMILES string of the molecule is Cc1cc(CNC(C)CNC(C)(C)C)on1. The number of nitrogens with zero attached hydrogens (tertiary/aromatic N) is 1. The van der Waals surface area contributed by atoms with E-state index in [1.54, 1.807) is 0 Å². The van der Waals surface area contributed by atoms with E-state index in [0.717, 1.165) is 24.5 Å². The maximum atomic E-state index is 5.13. The second-order valence-corrected chi connectivity index (χ2v) is 5.35. The summed E-state index contributed by atoms with van der Waals surface area (Å²) in [5.74, 6) is 0.889. The van der Waals surface area contributed by atoms with E-state index in [-0.39, 0.29) is 5.54 Å². The van der Waals surface area contributed by atoms with Crippen molar-refractivity contribution >= 4 is 0 Å². The summed E-state index contributed by atoms with van der Waals surface area (Å²) >= 11 is 0. The second kappa shape index (κ2) is 5.46. The van der Waals surface area contributed by atoms with Crippen molar-refractivity contribution in [3.05, 3.63) is 17.5 Å². The number of aromatic nitrogens is 1. The van der Waals surface area contributed by atoms with Gasteiger partial charge < -0.3 is 15.2 Å². The van der Waals surface area contributed by atoms with E-state index in [0.29, 0.717) is 6.04 Å². The van der Waals surface area contributed by atoms with E-state index >= 15 is 0 Å². The van der Waals surface area contributed by atoms with Crippen LogP contribution in [0.5, 0.6) is 0 Å². The van der Waals surface area contributed by atoms with E-state index in [1.165, 1.54) is 0 Å². The molecule has 0 saturated carbocycles. The van der Waals surface area contributed by atoms with Crippen LogP contribution >= 0.6 is 0 Å². The fourth-order valence-corrected chi connectivity index (χ4v) is 1.31. The molecule has 0 aliphatic heterocycles. The smallest absolute Gasteiger partial charge is 0.150 e. The summed E-state index contributed by atoms with van der Waals surface area (Å²) in [7, 11) is 0. The van der Waals surface area contributed by atoms with Crippen LogP contribution in [0.15, 0.2) is 10.6 Å². The molecular weight excluding hydrogens is 202 g/mol. The molecule has 1 heterocycles. The first-order chi connectivity index (χ1) is 7.37. The van der Waals surface area contributed by atoms with Gasteiger partial charge in [0.15, 0.2) is 5.76 Å². The molecule has 0 saturated heterocycles. The van der Waals surface area contributed by atoms with Gasteiger partial charge in [0.25, 0.3) is 0 Å². The van der Waals surface area contributed by atoms with Crippen LogP contribution in [0.2, 0.25) is 0 Å². The Morgan fingerprint density at radius 2 is 2.12 bits per heavy atom. The molecule has 0 fully saturated rings. The molecule has 2 N–H and O–H groups in total. The van der Waals surface area contributed by atoms with E-state index in [4.69, 9.17) is 4.52 Å². The summed E-state index contributed by atoms with van der Waals surface area (Å²) in [5.41, 5.74) is 1.09. The Labute approximate surface area is 97.8 Å². The third kappa shape index (κ3) is 5.28. The van der Waals surface area contributed by atoms with Crippen molar-refractivity contribution in [2.45, 2.75) is 52.7 Å². The summed E-state index contributed by atoms with van der Waals surface area (Å²) in [6, 6.07) is 2.36. The highest BCUT2D eigenvalue weighted by molar-refractivity contribution is 5.02. The highest BCUT2D eigenvalue weighted by Gasteiger charge is 2.11. The highest BCUT2D eigenvalue weighted by Crippen LogP contribution is 2.02. The molecule has 4 heteroatoms. The van der Waals surface area contributed by atoms with Gasteiger partial charge in [-0.1, -0.05) is 5.16 Å². The van der Waals surface area contributed by atoms with E-state index in [9.17, 15) is 0 Å². The molecule has 1 aromatic rings. The molecule has 0 aliphatic rings. The van der Waals surface area contributed by atoms with E-state index in [1.807, 2.05) is 13.0 Å². The minimum atomic E-state index is 0.165. The van der Waals surface area contributed by atoms with Crippen molar-refractivity contribution in [1.82, 2.24) is 15.8 Å². The molecule has 0 aromatic carbocycles. The zero-order valence-electron chi connectivity index (χ0n) is 10.9. The maximum Gasteiger partial charge on any atom is 0.150 e. The lowest BCUT2D eigenvalue weighted by Gasteiger charge is -2.23. The van der Waals surface area contributed by atoms with Gasteiger partial charge in [-0.05, 0) is 34.6 Å². The Bertz CT molecular complexity index is 314. The largest absolute Gasteiger partial charge is 0.360 e. The lowest BCUT2D eigenvalue weighted by Crippen LogP contribution is -2.44. The van der Waals surface area contributed by atoms with Crippen LogP contribution < -0.4 is 10.6 Å². The topological polar surface area (TPSA) is 50.1 Å². The Balaban J connectivity index is 2.22. The minimum absolute atomic E-state index is 0.165. The third-order valence-electron chi connectivity index (χ3n) is 2.24. The van der Waals surface area contributed by atoms with Crippen LogP contribution in [-0.2, 0) is 6.54 Å². The summed E-state index contributed by atoms with van der Waals surface area (Å²) in [6.07, 6.45) is 0. The average Bonchev–Trinajstić information content (AvgIpc) is 2.57. The summed E-state index contributed by atoms with van der Waals surface area (Å²) < 4.78 is 5.13. The van der Waals surface area contributed by atoms with Crippen molar-refractivity contribution in [2.24, 2.45) is 0 Å². The van der Waals surface area contributed by atoms with Crippen LogP contribution in [0.25, 0.3) is 0 Å². The molecule has 0 bridgehead atoms. The van der Waals surface area contributed by atoms with Gasteiger partial charge in [-0.3, -0.25) is 0 Å². The van der Waals surface area contributed by atoms with Crippen molar-refractivity contribution in [2.75, 3.05) is 6.54 Å². The quantitative estimate of drug-likeness (QED) is 0.803. The number of rotatable bonds is 5. The second-order valence-electron chi connectivity index (χ2n) is 5.35. The Hall–Kier alpha value is -0.870. The van der Waals surface area contributed by atoms with Crippen LogP contribution in [0.4, 0.5) is 0 Å². The van der Waals surface area contributed by atoms with Crippen LogP contribution in [0.1, 0.15) is 39.1 Å². The lowest BCUT2D eigenvalue weighted by molar-refractivity contribution is 0.348. The summed E-state index contributed by atoms with van der Waals surface area (Å²) in [6.45, 7) is 12.3. The van der Waals surface area contributed by atoms with Crippen molar-refractivity contribution in [1.29, 1.82) is 0 Å². The number of nitrogens with one attached hydrogen (secondary N) is 2. The highest BCUT2D eigenvalue weighted by atomic mass is 16.5. The predicted molar refractivity (Wildman–Crippen MR) is 65.3 cm³/mol. The Morgan fingerprint density at radius 3 is 2.62 bits per heavy atom. The maximum absolute atomic E-state index is 5.13. The normalized spacial score (nSPS) is 14.1. The Kier molecular flexibility index (Phi) is 4.50. The molecule has 0 aliphatic carbocycles. The average molecular weight is 225 g/mol. The fraction of sp³-hybridized carbons (Fsp3) is 0.750. The molecule has 1 aromatic heterocycles. The molecule has 0 spiro atoms. The number of aryl methyl sites for hydroxylation is 1. The molecule has 1 atom stereocenters. The van der Waals surface area contributed by atoms with E-state index in [2.05, 4.69) is 43.5 Å². The van der Waals surface area contributed by atoms with Crippen molar-refractivity contribution < 1.29 is 4.52 Å². The van der Waals surface area contributed by atoms with Crippen LogP contribution in [0, 0.1) is 6.92 Å². The van der Waals surface area contributed by atoms with Gasteiger partial charge in [0.2, 0.25) is 0 Å². The zero-order valence-corrected chi connectivity index (χ0v) is 10.9. The van der Waals surface area contributed by atoms with Gasteiger partial charge in [-0.2, -0.15) is 0 Å². The van der Waals surface area contributed by atoms with Crippen molar-refractivity contribution in [3.63, 3.8) is 0 Å². The molecule has 1 rings (SSSR count). The first-order valence-corrected chi connectivity index (χ1v) is 5.77. The molecule has 0 radical (unpaired) electrons. The molecule has 4 nitrogen and oxygen atoms in total. The van der Waals surface area contributed by atoms with Crippen LogP contribution in [-0.4, -0.2) is 23.3 Å². The zero-order chi connectivity index (χ0) is 12.2. The van der Waals surface area contributed by atoms with Crippen molar-refractivity contribution in [3.8, 4) is 0 Å². The van der Waals surface area contributed by atoms with Gasteiger partial charge >= 0.3 is 0 Å². The number of hydrogen-bond acceptors (Lipinski definition) is 4. The minimum Gasteiger partial charge on any atom is -0.360 e. The molecule has 1 unspecified atom stereocenters. The summed E-state index contributed by atoms with van der Waals surface area (Å²) in [5, 5.41) is 10.7. The number of hydrogen-bond donors (Lipinski definition) is 2. The lowest BCUT2D eigenvalue weighted by atomic mass is 10.1. The van der Waals surface area contributed by atoms with Crippen LogP contribution in [0.3, 0.4) is 0 Å². The summed E-state index contributed by atoms with van der Waals surface area (Å²) in [4.78, 5) is 0. The standard InChI is InChI=1S/C12H23N3O/c1-9-6-11(16-15-9)8-13-10(2)7-14-12(3,4)5/h6,10,13-14H,7-8H2,1-5H3. The molecular formula is C12H23N3O. The van der Waals surface area contributed by atoms with Gasteiger partial charge in [0, 0.05) is 24.2 Å². The molecule has 0 amide bonds. The first kappa shape index (κ1) is 13.2. The predicted octanol–water partition coefficient (Wildman–Crippen LogP) is 1.85. The molecule has 92 valence electrons. The van der Waals surface area contributed by atoms with Gasteiger partial charge in [0.1, 0.15) is 0 Å². The van der Waals surface area contributed by atoms with Gasteiger partial charge in [-0.15, -0.1) is 0 Å². The molecule has 16 heavy (non-hydrogen) atoms. The Morgan fingerprint density at radius 1 is 1.44 bits per heavy atom. The van der Waals surface area contributed by atoms with Gasteiger partial charge in [-0.25, -0.2) is 0 Å². The first-order valence-electron chi connectivity index (χ1n) is 5.77. The fourth-order valence-electron chi connectivity index (χ4n) is 1.31.